The van der Waals surface area contributed by atoms with Gasteiger partial charge in [0.05, 0.1) is 28.4 Å². The first kappa shape index (κ1) is 19.1. The Morgan fingerprint density at radius 2 is 1.12 bits per heavy atom. The third kappa shape index (κ3) is 4.89. The van der Waals surface area contributed by atoms with Gasteiger partial charge < -0.3 is 18.9 Å². The number of methoxy groups -OCH3 is 4. The Hall–Kier alpha value is -3.21. The highest BCUT2D eigenvalue weighted by molar-refractivity contribution is 6.04. The van der Waals surface area contributed by atoms with Crippen LogP contribution >= 0.6 is 0 Å². The zero-order valence-electron chi connectivity index (χ0n) is 15.3. The Kier molecular flexibility index (Phi) is 6.85. The van der Waals surface area contributed by atoms with Crippen molar-refractivity contribution in [3.05, 3.63) is 59.7 Å². The molecule has 0 saturated carbocycles. The van der Waals surface area contributed by atoms with Crippen LogP contribution in [0.2, 0.25) is 0 Å². The molecule has 0 N–H and O–H groups in total. The molecule has 5 nitrogen and oxygen atoms in total. The van der Waals surface area contributed by atoms with E-state index < -0.39 is 0 Å². The van der Waals surface area contributed by atoms with Crippen molar-refractivity contribution in [3.63, 3.8) is 0 Å². The van der Waals surface area contributed by atoms with Crippen molar-refractivity contribution >= 4 is 17.9 Å². The van der Waals surface area contributed by atoms with E-state index >= 15 is 0 Å². The topological polar surface area (TPSA) is 54.0 Å². The molecular weight excluding hydrogens is 332 g/mol. The number of ether oxygens (including phenoxy) is 4. The Morgan fingerprint density at radius 3 is 1.46 bits per heavy atom. The molecule has 0 unspecified atom stereocenters. The molecule has 0 radical (unpaired) electrons. The lowest BCUT2D eigenvalue weighted by Gasteiger charge is -2.07. The molecule has 2 aromatic carbocycles. The second-order valence-corrected chi connectivity index (χ2v) is 5.28. The maximum Gasteiger partial charge on any atom is 0.178 e. The second kappa shape index (κ2) is 9.32. The summed E-state index contributed by atoms with van der Waals surface area (Å²) in [7, 11) is 6.33. The molecule has 0 aromatic heterocycles. The lowest BCUT2D eigenvalue weighted by atomic mass is 10.1. The number of carbonyl (C=O) groups excluding carboxylic acids is 1. The smallest absolute Gasteiger partial charge is 0.178 e. The van der Waals surface area contributed by atoms with Gasteiger partial charge in [-0.3, -0.25) is 4.79 Å². The van der Waals surface area contributed by atoms with E-state index in [1.54, 1.807) is 52.7 Å². The molecule has 26 heavy (non-hydrogen) atoms. The van der Waals surface area contributed by atoms with Crippen LogP contribution in [-0.4, -0.2) is 34.2 Å². The van der Waals surface area contributed by atoms with Gasteiger partial charge in [0.25, 0.3) is 0 Å². The van der Waals surface area contributed by atoms with Crippen LogP contribution < -0.4 is 18.9 Å². The molecular formula is C21H22O5. The second-order valence-electron chi connectivity index (χ2n) is 5.28. The molecule has 2 rings (SSSR count). The van der Waals surface area contributed by atoms with Crippen molar-refractivity contribution in [2.75, 3.05) is 28.4 Å². The molecule has 0 bridgehead atoms. The summed E-state index contributed by atoms with van der Waals surface area (Å²) >= 11 is 0. The number of rotatable bonds is 8. The first-order valence-electron chi connectivity index (χ1n) is 7.95. The van der Waals surface area contributed by atoms with Gasteiger partial charge >= 0.3 is 0 Å². The number of carbonyl (C=O) groups is 1. The summed E-state index contributed by atoms with van der Waals surface area (Å²) in [6.07, 6.45) is 6.38. The quantitative estimate of drug-likeness (QED) is 0.670. The van der Waals surface area contributed by atoms with Crippen LogP contribution in [0.25, 0.3) is 12.2 Å². The molecule has 136 valence electrons. The van der Waals surface area contributed by atoms with E-state index in [2.05, 4.69) is 0 Å². The molecule has 2 aromatic rings. The van der Waals surface area contributed by atoms with Crippen molar-refractivity contribution in [1.29, 1.82) is 0 Å². The van der Waals surface area contributed by atoms with Gasteiger partial charge in [-0.25, -0.2) is 0 Å². The van der Waals surface area contributed by atoms with Crippen LogP contribution in [0.1, 0.15) is 11.1 Å². The lowest BCUT2D eigenvalue weighted by molar-refractivity contribution is -0.110. The number of hydrogen-bond donors (Lipinski definition) is 0. The van der Waals surface area contributed by atoms with E-state index in [1.807, 2.05) is 24.3 Å². The minimum Gasteiger partial charge on any atom is -0.497 e. The van der Waals surface area contributed by atoms with Gasteiger partial charge in [0.1, 0.15) is 23.0 Å². The summed E-state index contributed by atoms with van der Waals surface area (Å²) in [5.74, 6) is 2.50. The average Bonchev–Trinajstić information content (AvgIpc) is 2.70. The summed E-state index contributed by atoms with van der Waals surface area (Å²) in [5, 5.41) is 0. The fourth-order valence-electron chi connectivity index (χ4n) is 2.31. The maximum atomic E-state index is 12.1. The van der Waals surface area contributed by atoms with Gasteiger partial charge in [-0.05, 0) is 48.6 Å². The van der Waals surface area contributed by atoms with E-state index in [-0.39, 0.29) is 5.78 Å². The SMILES string of the molecule is COc1ccc(C=CC(=O)C=Cc2ccc(OC)cc2OC)c(OC)c1. The summed E-state index contributed by atoms with van der Waals surface area (Å²) < 4.78 is 20.9. The summed E-state index contributed by atoms with van der Waals surface area (Å²) in [6, 6.07) is 10.8. The number of benzene rings is 2. The summed E-state index contributed by atoms with van der Waals surface area (Å²) in [4.78, 5) is 12.1. The predicted molar refractivity (Wildman–Crippen MR) is 102 cm³/mol. The van der Waals surface area contributed by atoms with Crippen LogP contribution in [0.3, 0.4) is 0 Å². The van der Waals surface area contributed by atoms with E-state index in [1.165, 1.54) is 12.2 Å². The minimum atomic E-state index is -0.152. The van der Waals surface area contributed by atoms with Crippen molar-refractivity contribution in [1.82, 2.24) is 0 Å². The van der Waals surface area contributed by atoms with Crippen molar-refractivity contribution in [2.45, 2.75) is 0 Å². The maximum absolute atomic E-state index is 12.1. The molecule has 0 fully saturated rings. The fourth-order valence-corrected chi connectivity index (χ4v) is 2.31. The van der Waals surface area contributed by atoms with Crippen molar-refractivity contribution in [3.8, 4) is 23.0 Å². The Balaban J connectivity index is 2.13. The van der Waals surface area contributed by atoms with Crippen molar-refractivity contribution < 1.29 is 23.7 Å². The van der Waals surface area contributed by atoms with Crippen LogP contribution in [-0.2, 0) is 4.79 Å². The lowest BCUT2D eigenvalue weighted by Crippen LogP contribution is -1.91. The molecule has 0 aliphatic carbocycles. The van der Waals surface area contributed by atoms with Gasteiger partial charge in [0.15, 0.2) is 5.78 Å². The van der Waals surface area contributed by atoms with E-state index in [9.17, 15) is 4.79 Å². The summed E-state index contributed by atoms with van der Waals surface area (Å²) in [5.41, 5.74) is 1.58. The molecule has 0 aliphatic heterocycles. The van der Waals surface area contributed by atoms with Gasteiger partial charge in [-0.1, -0.05) is 0 Å². The average molecular weight is 354 g/mol. The summed E-state index contributed by atoms with van der Waals surface area (Å²) in [6.45, 7) is 0. The van der Waals surface area contributed by atoms with Gasteiger partial charge in [0, 0.05) is 23.3 Å². The predicted octanol–water partition coefficient (Wildman–Crippen LogP) is 4.02. The Bertz CT molecular complexity index is 754. The van der Waals surface area contributed by atoms with E-state index in [0.717, 1.165) is 11.1 Å². The first-order chi connectivity index (χ1) is 12.6. The van der Waals surface area contributed by atoms with Gasteiger partial charge in [0.2, 0.25) is 0 Å². The van der Waals surface area contributed by atoms with Crippen LogP contribution in [0.5, 0.6) is 23.0 Å². The molecule has 0 atom stereocenters. The van der Waals surface area contributed by atoms with Gasteiger partial charge in [-0.15, -0.1) is 0 Å². The van der Waals surface area contributed by atoms with Crippen LogP contribution in [0, 0.1) is 0 Å². The third-order valence-electron chi connectivity index (χ3n) is 3.74. The van der Waals surface area contributed by atoms with Crippen molar-refractivity contribution in [2.24, 2.45) is 0 Å². The Morgan fingerprint density at radius 1 is 0.692 bits per heavy atom. The highest BCUT2D eigenvalue weighted by Crippen LogP contribution is 2.26. The minimum absolute atomic E-state index is 0.152. The fraction of sp³-hybridized carbons (Fsp3) is 0.190. The number of allylic oxidation sites excluding steroid dienone is 2. The number of hydrogen-bond acceptors (Lipinski definition) is 5. The molecule has 0 heterocycles. The highest BCUT2D eigenvalue weighted by atomic mass is 16.5. The normalized spacial score (nSPS) is 10.9. The largest absolute Gasteiger partial charge is 0.497 e. The van der Waals surface area contributed by atoms with E-state index in [0.29, 0.717) is 23.0 Å². The first-order valence-corrected chi connectivity index (χ1v) is 7.95. The number of ketones is 1. The van der Waals surface area contributed by atoms with E-state index in [4.69, 9.17) is 18.9 Å². The monoisotopic (exact) mass is 354 g/mol. The molecule has 0 saturated heterocycles. The van der Waals surface area contributed by atoms with Crippen LogP contribution in [0.15, 0.2) is 48.6 Å². The standard InChI is InChI=1S/C21H22O5/c1-23-18-11-7-15(20(13-18)25-3)5-9-17(22)10-6-16-8-12-19(24-2)14-21(16)26-4/h5-14H,1-4H3. The third-order valence-corrected chi connectivity index (χ3v) is 3.74. The zero-order valence-corrected chi connectivity index (χ0v) is 15.3. The molecule has 0 amide bonds. The molecule has 0 spiro atoms. The molecule has 5 heteroatoms. The van der Waals surface area contributed by atoms with Gasteiger partial charge in [-0.2, -0.15) is 0 Å². The zero-order chi connectivity index (χ0) is 18.9. The highest BCUT2D eigenvalue weighted by Gasteiger charge is 2.04. The molecule has 0 aliphatic rings. The Labute approximate surface area is 153 Å². The van der Waals surface area contributed by atoms with Crippen LogP contribution in [0.4, 0.5) is 0 Å².